The van der Waals surface area contributed by atoms with E-state index in [1.807, 2.05) is 54.9 Å². The fraction of sp³-hybridized carbons (Fsp3) is 0.190. The highest BCUT2D eigenvalue weighted by atomic mass is 16.2. The van der Waals surface area contributed by atoms with Crippen molar-refractivity contribution in [2.24, 2.45) is 0 Å². The zero-order valence-corrected chi connectivity index (χ0v) is 15.4. The summed E-state index contributed by atoms with van der Waals surface area (Å²) in [4.78, 5) is 24.1. The molecular weight excluding hydrogens is 340 g/mol. The summed E-state index contributed by atoms with van der Waals surface area (Å²) in [5.41, 5.74) is 4.35. The zero-order chi connectivity index (χ0) is 19.2. The second-order valence-corrected chi connectivity index (χ2v) is 6.38. The number of carbonyl (C=O) groups excluding carboxylic acids is 2. The number of hydrogen-bond donors (Lipinski definition) is 2. The van der Waals surface area contributed by atoms with E-state index in [1.165, 1.54) is 0 Å². The summed E-state index contributed by atoms with van der Waals surface area (Å²) in [5, 5.41) is 9.80. The first-order valence-corrected chi connectivity index (χ1v) is 8.74. The van der Waals surface area contributed by atoms with Crippen LogP contribution in [0.1, 0.15) is 27.3 Å². The number of aryl methyl sites for hydroxylation is 2. The smallest absolute Gasteiger partial charge is 0.251 e. The predicted octanol–water partition coefficient (Wildman–Crippen LogP) is 2.92. The fourth-order valence-corrected chi connectivity index (χ4v) is 2.76. The molecule has 0 saturated heterocycles. The number of nitrogens with one attached hydrogen (secondary N) is 2. The zero-order valence-electron chi connectivity index (χ0n) is 15.4. The number of amides is 2. The number of rotatable bonds is 6. The Balaban J connectivity index is 1.53. The van der Waals surface area contributed by atoms with Gasteiger partial charge in [-0.2, -0.15) is 5.10 Å². The summed E-state index contributed by atoms with van der Waals surface area (Å²) in [5.74, 6) is -0.549. The standard InChI is InChI=1S/C21H22N4O2/c1-15-12-16(2)25(24-15)14-17-8-10-18(11-9-17)21(27)22-13-20(26)23-19-6-4-3-5-7-19/h3-12H,13-14H2,1-2H3,(H,22,27)(H,23,26). The minimum absolute atomic E-state index is 0.0821. The van der Waals surface area contributed by atoms with Crippen LogP contribution in [0.4, 0.5) is 5.69 Å². The fourth-order valence-electron chi connectivity index (χ4n) is 2.76. The van der Waals surface area contributed by atoms with Crippen molar-refractivity contribution >= 4 is 17.5 Å². The first kappa shape index (κ1) is 18.4. The minimum atomic E-state index is -0.282. The molecule has 3 aromatic rings. The van der Waals surface area contributed by atoms with Crippen molar-refractivity contribution in [1.82, 2.24) is 15.1 Å². The maximum atomic E-state index is 12.2. The number of para-hydroxylation sites is 1. The lowest BCUT2D eigenvalue weighted by Gasteiger charge is -2.08. The molecule has 0 aliphatic rings. The monoisotopic (exact) mass is 362 g/mol. The molecule has 2 amide bonds. The third-order valence-corrected chi connectivity index (χ3v) is 4.12. The van der Waals surface area contributed by atoms with E-state index in [2.05, 4.69) is 15.7 Å². The Morgan fingerprint density at radius 2 is 1.70 bits per heavy atom. The molecule has 6 heteroatoms. The van der Waals surface area contributed by atoms with Crippen molar-refractivity contribution in [3.63, 3.8) is 0 Å². The molecule has 2 N–H and O–H groups in total. The van der Waals surface area contributed by atoms with E-state index in [9.17, 15) is 9.59 Å². The van der Waals surface area contributed by atoms with Gasteiger partial charge in [-0.15, -0.1) is 0 Å². The highest BCUT2D eigenvalue weighted by molar-refractivity contribution is 5.99. The molecule has 0 aliphatic heterocycles. The molecule has 3 rings (SSSR count). The molecule has 6 nitrogen and oxygen atoms in total. The molecule has 138 valence electrons. The Bertz CT molecular complexity index is 931. The van der Waals surface area contributed by atoms with Gasteiger partial charge in [0.15, 0.2) is 0 Å². The summed E-state index contributed by atoms with van der Waals surface area (Å²) < 4.78 is 1.93. The van der Waals surface area contributed by atoms with Gasteiger partial charge in [0.1, 0.15) is 0 Å². The molecule has 0 atom stereocenters. The van der Waals surface area contributed by atoms with Gasteiger partial charge in [0, 0.05) is 16.9 Å². The van der Waals surface area contributed by atoms with Crippen LogP contribution in [0, 0.1) is 13.8 Å². The van der Waals surface area contributed by atoms with Gasteiger partial charge in [-0.25, -0.2) is 0 Å². The van der Waals surface area contributed by atoms with Crippen LogP contribution in [0.15, 0.2) is 60.7 Å². The maximum absolute atomic E-state index is 12.2. The Hall–Kier alpha value is -3.41. The third-order valence-electron chi connectivity index (χ3n) is 4.12. The Kier molecular flexibility index (Phi) is 5.66. The number of anilines is 1. The van der Waals surface area contributed by atoms with Crippen LogP contribution in [0.3, 0.4) is 0 Å². The van der Waals surface area contributed by atoms with E-state index in [0.717, 1.165) is 17.0 Å². The summed E-state index contributed by atoms with van der Waals surface area (Å²) >= 11 is 0. The van der Waals surface area contributed by atoms with Gasteiger partial charge < -0.3 is 10.6 Å². The van der Waals surface area contributed by atoms with Crippen LogP contribution >= 0.6 is 0 Å². The summed E-state index contributed by atoms with van der Waals surface area (Å²) in [6.45, 7) is 4.55. The first-order chi connectivity index (χ1) is 13.0. The maximum Gasteiger partial charge on any atom is 0.251 e. The minimum Gasteiger partial charge on any atom is -0.343 e. The number of aromatic nitrogens is 2. The van der Waals surface area contributed by atoms with Crippen LogP contribution in [-0.2, 0) is 11.3 Å². The van der Waals surface area contributed by atoms with Crippen molar-refractivity contribution in [2.45, 2.75) is 20.4 Å². The van der Waals surface area contributed by atoms with Crippen molar-refractivity contribution in [3.05, 3.63) is 83.2 Å². The molecule has 0 aliphatic carbocycles. The average molecular weight is 362 g/mol. The van der Waals surface area contributed by atoms with Crippen LogP contribution in [0.2, 0.25) is 0 Å². The van der Waals surface area contributed by atoms with Gasteiger partial charge in [-0.05, 0) is 49.7 Å². The Morgan fingerprint density at radius 3 is 2.33 bits per heavy atom. The molecule has 0 saturated carbocycles. The molecule has 0 fully saturated rings. The average Bonchev–Trinajstić information content (AvgIpc) is 2.98. The summed E-state index contributed by atoms with van der Waals surface area (Å²) in [7, 11) is 0. The summed E-state index contributed by atoms with van der Waals surface area (Å²) in [6.07, 6.45) is 0. The van der Waals surface area contributed by atoms with Crippen molar-refractivity contribution in [3.8, 4) is 0 Å². The molecule has 0 unspecified atom stereocenters. The quantitative estimate of drug-likeness (QED) is 0.708. The molecule has 1 heterocycles. The second-order valence-electron chi connectivity index (χ2n) is 6.38. The number of nitrogens with zero attached hydrogens (tertiary/aromatic N) is 2. The van der Waals surface area contributed by atoms with E-state index in [1.54, 1.807) is 24.3 Å². The highest BCUT2D eigenvalue weighted by Gasteiger charge is 2.09. The van der Waals surface area contributed by atoms with Crippen molar-refractivity contribution in [1.29, 1.82) is 0 Å². The topological polar surface area (TPSA) is 76.0 Å². The van der Waals surface area contributed by atoms with Gasteiger partial charge in [0.25, 0.3) is 5.91 Å². The van der Waals surface area contributed by atoms with Crippen molar-refractivity contribution in [2.75, 3.05) is 11.9 Å². The van der Waals surface area contributed by atoms with Crippen LogP contribution < -0.4 is 10.6 Å². The molecule has 0 radical (unpaired) electrons. The largest absolute Gasteiger partial charge is 0.343 e. The lowest BCUT2D eigenvalue weighted by Crippen LogP contribution is -2.32. The lowest BCUT2D eigenvalue weighted by atomic mass is 10.1. The van der Waals surface area contributed by atoms with Crippen LogP contribution in [0.5, 0.6) is 0 Å². The lowest BCUT2D eigenvalue weighted by molar-refractivity contribution is -0.115. The van der Waals surface area contributed by atoms with Crippen LogP contribution in [0.25, 0.3) is 0 Å². The molecule has 2 aromatic carbocycles. The van der Waals surface area contributed by atoms with Gasteiger partial charge in [0.05, 0.1) is 18.8 Å². The normalized spacial score (nSPS) is 10.4. The molecule has 0 bridgehead atoms. The van der Waals surface area contributed by atoms with E-state index in [0.29, 0.717) is 17.8 Å². The van der Waals surface area contributed by atoms with Crippen LogP contribution in [-0.4, -0.2) is 28.1 Å². The molecule has 27 heavy (non-hydrogen) atoms. The van der Waals surface area contributed by atoms with E-state index in [4.69, 9.17) is 0 Å². The number of hydrogen-bond acceptors (Lipinski definition) is 3. The molecule has 0 spiro atoms. The number of carbonyl (C=O) groups is 2. The second kappa shape index (κ2) is 8.31. The molecule has 1 aromatic heterocycles. The Labute approximate surface area is 158 Å². The van der Waals surface area contributed by atoms with E-state index in [-0.39, 0.29) is 18.4 Å². The van der Waals surface area contributed by atoms with Gasteiger partial charge in [-0.1, -0.05) is 30.3 Å². The highest BCUT2D eigenvalue weighted by Crippen LogP contribution is 2.09. The first-order valence-electron chi connectivity index (χ1n) is 8.74. The van der Waals surface area contributed by atoms with Gasteiger partial charge in [0.2, 0.25) is 5.91 Å². The predicted molar refractivity (Wildman–Crippen MR) is 105 cm³/mol. The molecular formula is C21H22N4O2. The van der Waals surface area contributed by atoms with E-state index >= 15 is 0 Å². The SMILES string of the molecule is Cc1cc(C)n(Cc2ccc(C(=O)NCC(=O)Nc3ccccc3)cc2)n1. The Morgan fingerprint density at radius 1 is 1.00 bits per heavy atom. The third kappa shape index (κ3) is 5.04. The van der Waals surface area contributed by atoms with Gasteiger partial charge in [-0.3, -0.25) is 14.3 Å². The van der Waals surface area contributed by atoms with Gasteiger partial charge >= 0.3 is 0 Å². The summed E-state index contributed by atoms with van der Waals surface area (Å²) in [6, 6.07) is 18.5. The van der Waals surface area contributed by atoms with E-state index < -0.39 is 0 Å². The van der Waals surface area contributed by atoms with Crippen molar-refractivity contribution < 1.29 is 9.59 Å². The number of benzene rings is 2.